The van der Waals surface area contributed by atoms with Crippen molar-refractivity contribution in [2.24, 2.45) is 0 Å². The van der Waals surface area contributed by atoms with Gasteiger partial charge >= 0.3 is 0 Å². The monoisotopic (exact) mass is 316 g/mol. The van der Waals surface area contributed by atoms with E-state index < -0.39 is 0 Å². The molecule has 2 aromatic rings. The van der Waals surface area contributed by atoms with E-state index in [4.69, 9.17) is 11.6 Å². The standard InChI is InChI=1S/C18H21ClN2O/c1-14(12-15-5-8-17(19)9-6-15)21(2)18(22)10-7-16-4-3-11-20-13-16/h3-6,8-9,11,13-14H,7,10,12H2,1-2H3/t14-/m1/s1. The average Bonchev–Trinajstić information content (AvgIpc) is 2.55. The molecule has 0 saturated carbocycles. The summed E-state index contributed by atoms with van der Waals surface area (Å²) < 4.78 is 0. The summed E-state index contributed by atoms with van der Waals surface area (Å²) in [5.74, 6) is 0.158. The number of carbonyl (C=O) groups excluding carboxylic acids is 1. The lowest BCUT2D eigenvalue weighted by Crippen LogP contribution is -2.36. The first kappa shape index (κ1) is 16.5. The molecule has 1 aromatic heterocycles. The van der Waals surface area contributed by atoms with Crippen molar-refractivity contribution in [3.05, 3.63) is 64.9 Å². The number of pyridine rings is 1. The summed E-state index contributed by atoms with van der Waals surface area (Å²) in [6.07, 6.45) is 5.61. The molecule has 1 amide bonds. The largest absolute Gasteiger partial charge is 0.343 e. The minimum Gasteiger partial charge on any atom is -0.343 e. The number of halogens is 1. The number of aryl methyl sites for hydroxylation is 1. The van der Waals surface area contributed by atoms with E-state index in [9.17, 15) is 4.79 Å². The highest BCUT2D eigenvalue weighted by Crippen LogP contribution is 2.13. The molecule has 0 radical (unpaired) electrons. The molecule has 0 aliphatic carbocycles. The van der Waals surface area contributed by atoms with Crippen LogP contribution in [0.4, 0.5) is 0 Å². The number of rotatable bonds is 6. The summed E-state index contributed by atoms with van der Waals surface area (Å²) in [6, 6.07) is 11.8. The normalized spacial score (nSPS) is 12.0. The molecule has 0 N–H and O–H groups in total. The summed E-state index contributed by atoms with van der Waals surface area (Å²) in [5, 5.41) is 0.734. The van der Waals surface area contributed by atoms with Crippen LogP contribution in [0.15, 0.2) is 48.8 Å². The van der Waals surface area contributed by atoms with Crippen LogP contribution in [0.25, 0.3) is 0 Å². The first-order valence-corrected chi connectivity index (χ1v) is 7.83. The molecule has 0 bridgehead atoms. The summed E-state index contributed by atoms with van der Waals surface area (Å²) in [7, 11) is 1.87. The molecule has 0 aliphatic rings. The summed E-state index contributed by atoms with van der Waals surface area (Å²) in [5.41, 5.74) is 2.28. The molecule has 0 fully saturated rings. The molecule has 22 heavy (non-hydrogen) atoms. The highest BCUT2D eigenvalue weighted by Gasteiger charge is 2.16. The van der Waals surface area contributed by atoms with E-state index in [1.165, 1.54) is 5.56 Å². The Labute approximate surface area is 136 Å². The molecule has 0 aliphatic heterocycles. The van der Waals surface area contributed by atoms with Gasteiger partial charge in [0.25, 0.3) is 0 Å². The molecule has 0 spiro atoms. The Hall–Kier alpha value is -1.87. The second kappa shape index (κ2) is 7.95. The molecule has 0 unspecified atom stereocenters. The van der Waals surface area contributed by atoms with Gasteiger partial charge in [0.15, 0.2) is 0 Å². The molecule has 116 valence electrons. The Bertz CT molecular complexity index is 598. The van der Waals surface area contributed by atoms with Crippen LogP contribution in [0.3, 0.4) is 0 Å². The molecule has 2 rings (SSSR count). The third kappa shape index (κ3) is 4.85. The van der Waals surface area contributed by atoms with Crippen LogP contribution in [0, 0.1) is 0 Å². The van der Waals surface area contributed by atoms with Gasteiger partial charge in [-0.3, -0.25) is 9.78 Å². The van der Waals surface area contributed by atoms with Gasteiger partial charge in [-0.05, 0) is 49.1 Å². The molecular formula is C18H21ClN2O. The topological polar surface area (TPSA) is 33.2 Å². The van der Waals surface area contributed by atoms with Gasteiger partial charge in [0, 0.05) is 36.9 Å². The van der Waals surface area contributed by atoms with Crippen molar-refractivity contribution in [3.8, 4) is 0 Å². The van der Waals surface area contributed by atoms with Crippen LogP contribution in [0.1, 0.15) is 24.5 Å². The number of hydrogen-bond donors (Lipinski definition) is 0. The zero-order chi connectivity index (χ0) is 15.9. The molecule has 1 atom stereocenters. The van der Waals surface area contributed by atoms with E-state index in [-0.39, 0.29) is 11.9 Å². The van der Waals surface area contributed by atoms with Gasteiger partial charge < -0.3 is 4.90 Å². The highest BCUT2D eigenvalue weighted by molar-refractivity contribution is 6.30. The van der Waals surface area contributed by atoms with E-state index >= 15 is 0 Å². The van der Waals surface area contributed by atoms with Gasteiger partial charge in [-0.2, -0.15) is 0 Å². The molecular weight excluding hydrogens is 296 g/mol. The Morgan fingerprint density at radius 2 is 1.95 bits per heavy atom. The smallest absolute Gasteiger partial charge is 0.222 e. The highest BCUT2D eigenvalue weighted by atomic mass is 35.5. The first-order valence-electron chi connectivity index (χ1n) is 7.45. The first-order chi connectivity index (χ1) is 10.6. The zero-order valence-electron chi connectivity index (χ0n) is 13.0. The predicted molar refractivity (Wildman–Crippen MR) is 89.9 cm³/mol. The molecule has 1 heterocycles. The fourth-order valence-corrected chi connectivity index (χ4v) is 2.44. The van der Waals surface area contributed by atoms with Gasteiger partial charge in [0.1, 0.15) is 0 Å². The Balaban J connectivity index is 1.85. The van der Waals surface area contributed by atoms with Gasteiger partial charge in [-0.15, -0.1) is 0 Å². The van der Waals surface area contributed by atoms with Gasteiger partial charge in [-0.25, -0.2) is 0 Å². The van der Waals surface area contributed by atoms with Crippen LogP contribution in [0.2, 0.25) is 5.02 Å². The Morgan fingerprint density at radius 3 is 2.59 bits per heavy atom. The van der Waals surface area contributed by atoms with Crippen LogP contribution in [-0.2, 0) is 17.6 Å². The number of likely N-dealkylation sites (N-methyl/N-ethyl adjacent to an activating group) is 1. The lowest BCUT2D eigenvalue weighted by Gasteiger charge is -2.25. The lowest BCUT2D eigenvalue weighted by atomic mass is 10.1. The fraction of sp³-hybridized carbons (Fsp3) is 0.333. The minimum atomic E-state index is 0.155. The van der Waals surface area contributed by atoms with Crippen molar-refractivity contribution in [2.45, 2.75) is 32.2 Å². The number of nitrogens with zero attached hydrogens (tertiary/aromatic N) is 2. The Morgan fingerprint density at radius 1 is 1.23 bits per heavy atom. The third-order valence-corrected chi connectivity index (χ3v) is 4.10. The Kier molecular flexibility index (Phi) is 5.96. The zero-order valence-corrected chi connectivity index (χ0v) is 13.8. The second-order valence-electron chi connectivity index (χ2n) is 5.55. The quantitative estimate of drug-likeness (QED) is 0.813. The van der Waals surface area contributed by atoms with E-state index in [1.807, 2.05) is 54.5 Å². The van der Waals surface area contributed by atoms with Crippen LogP contribution in [-0.4, -0.2) is 28.9 Å². The van der Waals surface area contributed by atoms with E-state index in [0.717, 1.165) is 23.4 Å². The number of amides is 1. The maximum Gasteiger partial charge on any atom is 0.222 e. The number of carbonyl (C=O) groups is 1. The number of aromatic nitrogens is 1. The maximum atomic E-state index is 12.3. The number of benzene rings is 1. The van der Waals surface area contributed by atoms with Crippen molar-refractivity contribution in [1.82, 2.24) is 9.88 Å². The van der Waals surface area contributed by atoms with Crippen molar-refractivity contribution < 1.29 is 4.79 Å². The SMILES string of the molecule is C[C@H](Cc1ccc(Cl)cc1)N(C)C(=O)CCc1cccnc1. The van der Waals surface area contributed by atoms with Gasteiger partial charge in [-0.1, -0.05) is 29.8 Å². The summed E-state index contributed by atoms with van der Waals surface area (Å²) in [6.45, 7) is 2.07. The second-order valence-corrected chi connectivity index (χ2v) is 5.98. The van der Waals surface area contributed by atoms with Crippen molar-refractivity contribution in [1.29, 1.82) is 0 Å². The molecule has 0 saturated heterocycles. The van der Waals surface area contributed by atoms with Crippen molar-refractivity contribution in [3.63, 3.8) is 0 Å². The molecule has 1 aromatic carbocycles. The van der Waals surface area contributed by atoms with Gasteiger partial charge in [0.05, 0.1) is 0 Å². The summed E-state index contributed by atoms with van der Waals surface area (Å²) >= 11 is 5.89. The maximum absolute atomic E-state index is 12.3. The predicted octanol–water partition coefficient (Wildman–Crippen LogP) is 3.76. The molecule has 3 nitrogen and oxygen atoms in total. The van der Waals surface area contributed by atoms with Gasteiger partial charge in [0.2, 0.25) is 5.91 Å². The minimum absolute atomic E-state index is 0.155. The van der Waals surface area contributed by atoms with E-state index in [2.05, 4.69) is 11.9 Å². The average molecular weight is 317 g/mol. The van der Waals surface area contributed by atoms with Crippen molar-refractivity contribution >= 4 is 17.5 Å². The van der Waals surface area contributed by atoms with E-state index in [1.54, 1.807) is 6.20 Å². The van der Waals surface area contributed by atoms with Crippen molar-refractivity contribution in [2.75, 3.05) is 7.05 Å². The van der Waals surface area contributed by atoms with Crippen LogP contribution >= 0.6 is 11.6 Å². The van der Waals surface area contributed by atoms with E-state index in [0.29, 0.717) is 6.42 Å². The number of hydrogen-bond acceptors (Lipinski definition) is 2. The van der Waals surface area contributed by atoms with Crippen LogP contribution < -0.4 is 0 Å². The third-order valence-electron chi connectivity index (χ3n) is 3.85. The fourth-order valence-electron chi connectivity index (χ4n) is 2.32. The molecule has 4 heteroatoms. The summed E-state index contributed by atoms with van der Waals surface area (Å²) in [4.78, 5) is 18.2. The lowest BCUT2D eigenvalue weighted by molar-refractivity contribution is -0.131. The van der Waals surface area contributed by atoms with Crippen LogP contribution in [0.5, 0.6) is 0 Å².